The van der Waals surface area contributed by atoms with Crippen molar-refractivity contribution in [3.8, 4) is 0 Å². The quantitative estimate of drug-likeness (QED) is 0.238. The predicted molar refractivity (Wildman–Crippen MR) is 134 cm³/mol. The first-order valence-electron chi connectivity index (χ1n) is 10.4. The van der Waals surface area contributed by atoms with Crippen LogP contribution in [0.25, 0.3) is 17.0 Å². The Morgan fingerprint density at radius 1 is 0.970 bits per heavy atom. The summed E-state index contributed by atoms with van der Waals surface area (Å²) < 4.78 is 5.47. The summed E-state index contributed by atoms with van der Waals surface area (Å²) >= 11 is 7.56. The average molecular weight is 471 g/mol. The van der Waals surface area contributed by atoms with E-state index in [0.717, 1.165) is 43.1 Å². The topological polar surface area (TPSA) is 51.5 Å². The highest BCUT2D eigenvalue weighted by Gasteiger charge is 2.25. The number of halogens is 1. The number of aromatic nitrogens is 1. The molecule has 0 aliphatic carbocycles. The van der Waals surface area contributed by atoms with Gasteiger partial charge in [-0.1, -0.05) is 59.3 Å². The number of benzene rings is 3. The van der Waals surface area contributed by atoms with Crippen LogP contribution in [0.4, 0.5) is 0 Å². The van der Waals surface area contributed by atoms with Gasteiger partial charge in [-0.2, -0.15) is 0 Å². The molecule has 1 aliphatic heterocycles. The number of aliphatic imine (C=N–C) groups is 1. The van der Waals surface area contributed by atoms with Crippen molar-refractivity contribution in [3.05, 3.63) is 106 Å². The summed E-state index contributed by atoms with van der Waals surface area (Å²) in [6, 6.07) is 23.4. The monoisotopic (exact) mass is 470 g/mol. The molecule has 0 radical (unpaired) electrons. The number of hydrogen-bond acceptors (Lipinski definition) is 5. The predicted octanol–water partition coefficient (Wildman–Crippen LogP) is 7.00. The van der Waals surface area contributed by atoms with Gasteiger partial charge in [-0.05, 0) is 68.0 Å². The number of hydrogen-bond donors (Lipinski definition) is 0. The van der Waals surface area contributed by atoms with Gasteiger partial charge in [0.05, 0.1) is 5.52 Å². The van der Waals surface area contributed by atoms with Crippen molar-refractivity contribution in [2.75, 3.05) is 0 Å². The molecule has 0 saturated carbocycles. The Balaban J connectivity index is 1.60. The zero-order chi connectivity index (χ0) is 22.9. The molecular weight excluding hydrogens is 452 g/mol. The van der Waals surface area contributed by atoms with E-state index < -0.39 is 5.97 Å². The van der Waals surface area contributed by atoms with E-state index in [1.807, 2.05) is 86.6 Å². The third kappa shape index (κ3) is 4.56. The number of ether oxygens (including phenoxy) is 1. The summed E-state index contributed by atoms with van der Waals surface area (Å²) in [6.45, 7) is 4.03. The number of pyridine rings is 1. The molecule has 5 rings (SSSR count). The van der Waals surface area contributed by atoms with Crippen LogP contribution in [0.2, 0.25) is 5.02 Å². The van der Waals surface area contributed by atoms with Gasteiger partial charge in [-0.25, -0.2) is 14.8 Å². The minimum Gasteiger partial charge on any atom is -0.402 e. The second-order valence-electron chi connectivity index (χ2n) is 7.79. The van der Waals surface area contributed by atoms with E-state index in [9.17, 15) is 4.79 Å². The third-order valence-electron chi connectivity index (χ3n) is 5.25. The zero-order valence-electron chi connectivity index (χ0n) is 18.0. The SMILES string of the molecule is Cc1cccc(C2=N/C(=C/c3cc4cccc(C)c4nc3Sc3ccc(Cl)cc3)C(=O)O2)c1. The van der Waals surface area contributed by atoms with Gasteiger partial charge in [-0.3, -0.25) is 0 Å². The maximum Gasteiger partial charge on any atom is 0.363 e. The lowest BCUT2D eigenvalue weighted by atomic mass is 10.1. The Labute approximate surface area is 201 Å². The number of cyclic esters (lactones) is 1. The number of aryl methyl sites for hydroxylation is 2. The molecule has 0 fully saturated rings. The van der Waals surface area contributed by atoms with E-state index in [-0.39, 0.29) is 5.70 Å². The lowest BCUT2D eigenvalue weighted by Crippen LogP contribution is -2.05. The second-order valence-corrected chi connectivity index (χ2v) is 9.29. The molecule has 1 aliphatic rings. The van der Waals surface area contributed by atoms with E-state index >= 15 is 0 Å². The number of rotatable bonds is 4. The molecule has 3 aromatic carbocycles. The van der Waals surface area contributed by atoms with Gasteiger partial charge in [0, 0.05) is 26.4 Å². The van der Waals surface area contributed by atoms with Crippen molar-refractivity contribution in [2.45, 2.75) is 23.8 Å². The van der Waals surface area contributed by atoms with Crippen molar-refractivity contribution in [1.82, 2.24) is 4.98 Å². The molecule has 0 atom stereocenters. The van der Waals surface area contributed by atoms with E-state index in [1.165, 1.54) is 11.8 Å². The summed E-state index contributed by atoms with van der Waals surface area (Å²) in [6.07, 6.45) is 1.75. The fourth-order valence-electron chi connectivity index (χ4n) is 3.60. The van der Waals surface area contributed by atoms with E-state index in [2.05, 4.69) is 4.99 Å². The normalized spacial score (nSPS) is 14.6. The Morgan fingerprint density at radius 3 is 2.55 bits per heavy atom. The molecule has 0 bridgehead atoms. The molecule has 4 nitrogen and oxygen atoms in total. The van der Waals surface area contributed by atoms with Crippen molar-refractivity contribution in [3.63, 3.8) is 0 Å². The lowest BCUT2D eigenvalue weighted by Gasteiger charge is -2.09. The van der Waals surface area contributed by atoms with Crippen LogP contribution in [0.1, 0.15) is 22.3 Å². The van der Waals surface area contributed by atoms with Crippen molar-refractivity contribution >= 4 is 52.2 Å². The molecule has 0 saturated heterocycles. The number of carbonyl (C=O) groups excluding carboxylic acids is 1. The summed E-state index contributed by atoms with van der Waals surface area (Å²) in [7, 11) is 0. The van der Waals surface area contributed by atoms with Crippen LogP contribution in [0.15, 0.2) is 93.4 Å². The molecule has 162 valence electrons. The largest absolute Gasteiger partial charge is 0.402 e. The van der Waals surface area contributed by atoms with Gasteiger partial charge < -0.3 is 4.74 Å². The number of nitrogens with zero attached hydrogens (tertiary/aromatic N) is 2. The molecule has 1 aromatic heterocycles. The van der Waals surface area contributed by atoms with Gasteiger partial charge in [0.1, 0.15) is 5.03 Å². The minimum absolute atomic E-state index is 0.248. The number of esters is 1. The van der Waals surface area contributed by atoms with Crippen molar-refractivity contribution in [1.29, 1.82) is 0 Å². The number of para-hydroxylation sites is 1. The minimum atomic E-state index is -0.474. The van der Waals surface area contributed by atoms with Crippen LogP contribution in [-0.2, 0) is 9.53 Å². The fourth-order valence-corrected chi connectivity index (χ4v) is 4.60. The van der Waals surface area contributed by atoms with Gasteiger partial charge >= 0.3 is 5.97 Å². The lowest BCUT2D eigenvalue weighted by molar-refractivity contribution is -0.129. The smallest absolute Gasteiger partial charge is 0.363 e. The molecule has 0 spiro atoms. The molecular formula is C27H19ClN2O2S. The second kappa shape index (κ2) is 8.85. The zero-order valence-corrected chi connectivity index (χ0v) is 19.6. The Hall–Kier alpha value is -3.41. The Kier molecular flexibility index (Phi) is 5.75. The molecule has 33 heavy (non-hydrogen) atoms. The van der Waals surface area contributed by atoms with Crippen LogP contribution in [-0.4, -0.2) is 16.9 Å². The van der Waals surface area contributed by atoms with Gasteiger partial charge in [0.2, 0.25) is 5.90 Å². The average Bonchev–Trinajstić information content (AvgIpc) is 3.16. The summed E-state index contributed by atoms with van der Waals surface area (Å²) in [5.41, 5.74) is 4.90. The van der Waals surface area contributed by atoms with E-state index in [1.54, 1.807) is 6.08 Å². The molecule has 6 heteroatoms. The van der Waals surface area contributed by atoms with Crippen LogP contribution in [0.5, 0.6) is 0 Å². The summed E-state index contributed by atoms with van der Waals surface area (Å²) in [5, 5.41) is 2.45. The van der Waals surface area contributed by atoms with Crippen molar-refractivity contribution < 1.29 is 9.53 Å². The first-order valence-corrected chi connectivity index (χ1v) is 11.6. The maximum absolute atomic E-state index is 12.6. The molecule has 2 heterocycles. The maximum atomic E-state index is 12.6. The van der Waals surface area contributed by atoms with Gasteiger partial charge in [-0.15, -0.1) is 0 Å². The molecule has 0 N–H and O–H groups in total. The third-order valence-corrected chi connectivity index (χ3v) is 6.53. The summed E-state index contributed by atoms with van der Waals surface area (Å²) in [5.74, 6) is -0.162. The van der Waals surface area contributed by atoms with Gasteiger partial charge in [0.25, 0.3) is 0 Å². The number of carbonyl (C=O) groups is 1. The van der Waals surface area contributed by atoms with Crippen LogP contribution >= 0.6 is 23.4 Å². The first-order chi connectivity index (χ1) is 16.0. The highest BCUT2D eigenvalue weighted by molar-refractivity contribution is 7.99. The summed E-state index contributed by atoms with van der Waals surface area (Å²) in [4.78, 5) is 23.0. The Morgan fingerprint density at radius 2 is 1.76 bits per heavy atom. The Bertz CT molecular complexity index is 1460. The van der Waals surface area contributed by atoms with Crippen molar-refractivity contribution in [2.24, 2.45) is 4.99 Å². The van der Waals surface area contributed by atoms with Crippen LogP contribution < -0.4 is 0 Å². The standard InChI is InChI=1S/C27H19ClN2O2S/c1-16-5-3-8-19(13-16)25-29-23(27(31)32-25)15-20-14-18-7-4-6-17(2)24(18)30-26(20)33-22-11-9-21(28)10-12-22/h3-15H,1-2H3/b23-15+. The van der Waals surface area contributed by atoms with Crippen LogP contribution in [0, 0.1) is 13.8 Å². The molecule has 0 amide bonds. The number of fused-ring (bicyclic) bond motifs is 1. The fraction of sp³-hybridized carbons (Fsp3) is 0.0741. The molecule has 4 aromatic rings. The first kappa shape index (κ1) is 21.4. The highest BCUT2D eigenvalue weighted by atomic mass is 35.5. The van der Waals surface area contributed by atoms with E-state index in [0.29, 0.717) is 10.9 Å². The highest BCUT2D eigenvalue weighted by Crippen LogP contribution is 2.34. The van der Waals surface area contributed by atoms with Gasteiger partial charge in [0.15, 0.2) is 5.70 Å². The van der Waals surface area contributed by atoms with E-state index in [4.69, 9.17) is 21.3 Å². The van der Waals surface area contributed by atoms with Crippen LogP contribution in [0.3, 0.4) is 0 Å². The molecule has 0 unspecified atom stereocenters.